The maximum Gasteiger partial charge on any atom is 0.339 e. The van der Waals surface area contributed by atoms with Crippen LogP contribution in [-0.2, 0) is 6.54 Å². The Balaban J connectivity index is 1.62. The molecule has 2 amide bonds. The van der Waals surface area contributed by atoms with Crippen molar-refractivity contribution in [3.63, 3.8) is 0 Å². The SMILES string of the molecule is COc1ccc(CNC(=O)N[C@@H](c2ccccc2)C2CC2)cc1C(=O)O. The fraction of sp³-hybridized carbons (Fsp3) is 0.300. The summed E-state index contributed by atoms with van der Waals surface area (Å²) < 4.78 is 5.04. The quantitative estimate of drug-likeness (QED) is 0.711. The maximum absolute atomic E-state index is 12.3. The van der Waals surface area contributed by atoms with Crippen molar-refractivity contribution < 1.29 is 19.4 Å². The number of carboxylic acids is 1. The Labute approximate surface area is 152 Å². The van der Waals surface area contributed by atoms with Crippen molar-refractivity contribution in [3.05, 3.63) is 65.2 Å². The van der Waals surface area contributed by atoms with Crippen molar-refractivity contribution >= 4 is 12.0 Å². The van der Waals surface area contributed by atoms with E-state index in [-0.39, 0.29) is 24.2 Å². The highest BCUT2D eigenvalue weighted by Gasteiger charge is 2.33. The molecule has 1 aliphatic carbocycles. The van der Waals surface area contributed by atoms with Gasteiger partial charge in [0.15, 0.2) is 0 Å². The second kappa shape index (κ2) is 7.91. The van der Waals surface area contributed by atoms with Gasteiger partial charge < -0.3 is 20.5 Å². The van der Waals surface area contributed by atoms with Gasteiger partial charge in [-0.3, -0.25) is 0 Å². The van der Waals surface area contributed by atoms with Crippen LogP contribution in [0, 0.1) is 5.92 Å². The number of carbonyl (C=O) groups excluding carboxylic acids is 1. The van der Waals surface area contributed by atoms with Gasteiger partial charge in [0.2, 0.25) is 0 Å². The van der Waals surface area contributed by atoms with E-state index in [0.717, 1.165) is 18.4 Å². The number of nitrogens with one attached hydrogen (secondary N) is 2. The van der Waals surface area contributed by atoms with E-state index < -0.39 is 5.97 Å². The third-order valence-corrected chi connectivity index (χ3v) is 4.49. The number of ether oxygens (including phenoxy) is 1. The third-order valence-electron chi connectivity index (χ3n) is 4.49. The number of methoxy groups -OCH3 is 1. The van der Waals surface area contributed by atoms with Gasteiger partial charge in [0.1, 0.15) is 11.3 Å². The highest BCUT2D eigenvalue weighted by molar-refractivity contribution is 5.91. The topological polar surface area (TPSA) is 87.7 Å². The molecule has 1 saturated carbocycles. The van der Waals surface area contributed by atoms with E-state index in [1.807, 2.05) is 30.3 Å². The second-order valence-electron chi connectivity index (χ2n) is 6.39. The maximum atomic E-state index is 12.3. The largest absolute Gasteiger partial charge is 0.496 e. The molecule has 6 nitrogen and oxygen atoms in total. The summed E-state index contributed by atoms with van der Waals surface area (Å²) in [5.41, 5.74) is 1.87. The number of urea groups is 1. The molecule has 1 fully saturated rings. The van der Waals surface area contributed by atoms with Crippen molar-refractivity contribution in [2.75, 3.05) is 7.11 Å². The van der Waals surface area contributed by atoms with Crippen molar-refractivity contribution in [3.8, 4) is 5.75 Å². The number of hydrogen-bond acceptors (Lipinski definition) is 3. The van der Waals surface area contributed by atoms with E-state index in [1.165, 1.54) is 13.2 Å². The van der Waals surface area contributed by atoms with Gasteiger partial charge in [0.05, 0.1) is 13.2 Å². The predicted octanol–water partition coefficient (Wildman–Crippen LogP) is 3.34. The summed E-state index contributed by atoms with van der Waals surface area (Å²) in [6, 6.07) is 14.5. The number of carboxylic acid groups (broad SMARTS) is 1. The lowest BCUT2D eigenvalue weighted by molar-refractivity contribution is 0.0693. The lowest BCUT2D eigenvalue weighted by Gasteiger charge is -2.19. The second-order valence-corrected chi connectivity index (χ2v) is 6.39. The van der Waals surface area contributed by atoms with Crippen LogP contribution < -0.4 is 15.4 Å². The Hall–Kier alpha value is -3.02. The molecule has 0 radical (unpaired) electrons. The lowest BCUT2D eigenvalue weighted by Crippen LogP contribution is -2.38. The Morgan fingerprint density at radius 2 is 1.92 bits per heavy atom. The van der Waals surface area contributed by atoms with Crippen LogP contribution in [-0.4, -0.2) is 24.2 Å². The van der Waals surface area contributed by atoms with Gasteiger partial charge in [0.25, 0.3) is 0 Å². The van der Waals surface area contributed by atoms with Crippen LogP contribution in [0.1, 0.15) is 40.4 Å². The molecule has 6 heteroatoms. The van der Waals surface area contributed by atoms with E-state index in [9.17, 15) is 14.7 Å². The standard InChI is InChI=1S/C20H22N2O4/c1-26-17-10-7-13(11-16(17)19(23)24)12-21-20(25)22-18(15-8-9-15)14-5-3-2-4-6-14/h2-7,10-11,15,18H,8-9,12H2,1H3,(H,23,24)(H2,21,22,25)/t18-/m0/s1. The monoisotopic (exact) mass is 354 g/mol. The first-order chi connectivity index (χ1) is 12.6. The summed E-state index contributed by atoms with van der Waals surface area (Å²) in [5, 5.41) is 15.1. The first-order valence-corrected chi connectivity index (χ1v) is 8.58. The molecule has 0 aliphatic heterocycles. The van der Waals surface area contributed by atoms with Gasteiger partial charge in [-0.25, -0.2) is 9.59 Å². The molecule has 2 aromatic carbocycles. The Bertz CT molecular complexity index is 788. The smallest absolute Gasteiger partial charge is 0.339 e. The molecule has 0 saturated heterocycles. The van der Waals surface area contributed by atoms with E-state index in [4.69, 9.17) is 4.74 Å². The average molecular weight is 354 g/mol. The van der Waals surface area contributed by atoms with Crippen LogP contribution in [0.15, 0.2) is 48.5 Å². The molecule has 0 unspecified atom stereocenters. The van der Waals surface area contributed by atoms with Crippen molar-refractivity contribution in [2.24, 2.45) is 5.92 Å². The first-order valence-electron chi connectivity index (χ1n) is 8.58. The lowest BCUT2D eigenvalue weighted by atomic mass is 10.0. The van der Waals surface area contributed by atoms with Gasteiger partial charge in [0, 0.05) is 6.54 Å². The van der Waals surface area contributed by atoms with Crippen LogP contribution in [0.5, 0.6) is 5.75 Å². The zero-order chi connectivity index (χ0) is 18.5. The number of benzene rings is 2. The zero-order valence-corrected chi connectivity index (χ0v) is 14.6. The molecule has 0 aromatic heterocycles. The molecule has 1 atom stereocenters. The highest BCUT2D eigenvalue weighted by Crippen LogP contribution is 2.40. The van der Waals surface area contributed by atoms with Crippen LogP contribution in [0.4, 0.5) is 4.79 Å². The molecule has 0 bridgehead atoms. The van der Waals surface area contributed by atoms with Gasteiger partial charge in [-0.05, 0) is 42.0 Å². The molecular formula is C20H22N2O4. The Kier molecular flexibility index (Phi) is 5.41. The number of carbonyl (C=O) groups is 2. The molecular weight excluding hydrogens is 332 g/mol. The summed E-state index contributed by atoms with van der Waals surface area (Å²) in [4.78, 5) is 23.6. The molecule has 1 aliphatic rings. The van der Waals surface area contributed by atoms with Crippen LogP contribution in [0.25, 0.3) is 0 Å². The minimum Gasteiger partial charge on any atom is -0.496 e. The summed E-state index contributed by atoms with van der Waals surface area (Å²) in [7, 11) is 1.43. The van der Waals surface area contributed by atoms with Crippen LogP contribution in [0.2, 0.25) is 0 Å². The number of aromatic carboxylic acids is 1. The molecule has 0 heterocycles. The third kappa shape index (κ3) is 4.33. The molecule has 0 spiro atoms. The molecule has 3 rings (SSSR count). The fourth-order valence-corrected chi connectivity index (χ4v) is 2.97. The van der Waals surface area contributed by atoms with E-state index >= 15 is 0 Å². The van der Waals surface area contributed by atoms with Crippen molar-refractivity contribution in [2.45, 2.75) is 25.4 Å². The Morgan fingerprint density at radius 1 is 1.19 bits per heavy atom. The summed E-state index contributed by atoms with van der Waals surface area (Å²) in [6.07, 6.45) is 2.22. The van der Waals surface area contributed by atoms with Crippen molar-refractivity contribution in [1.82, 2.24) is 10.6 Å². The molecule has 2 aromatic rings. The average Bonchev–Trinajstić information content (AvgIpc) is 3.50. The normalized spacial score (nSPS) is 14.3. The minimum absolute atomic E-state index is 0.00153. The fourth-order valence-electron chi connectivity index (χ4n) is 2.97. The summed E-state index contributed by atoms with van der Waals surface area (Å²) in [6.45, 7) is 0.238. The Morgan fingerprint density at radius 3 is 2.54 bits per heavy atom. The number of amides is 2. The van der Waals surface area contributed by atoms with Gasteiger partial charge in [-0.2, -0.15) is 0 Å². The zero-order valence-electron chi connectivity index (χ0n) is 14.6. The molecule has 3 N–H and O–H groups in total. The summed E-state index contributed by atoms with van der Waals surface area (Å²) in [5.74, 6) is -0.294. The van der Waals surface area contributed by atoms with Gasteiger partial charge in [-0.1, -0.05) is 36.4 Å². The molecule has 136 valence electrons. The van der Waals surface area contributed by atoms with Gasteiger partial charge in [-0.15, -0.1) is 0 Å². The number of hydrogen-bond donors (Lipinski definition) is 3. The van der Waals surface area contributed by atoms with E-state index in [0.29, 0.717) is 17.2 Å². The number of rotatable bonds is 7. The minimum atomic E-state index is -1.06. The molecule has 26 heavy (non-hydrogen) atoms. The first kappa shape index (κ1) is 17.8. The highest BCUT2D eigenvalue weighted by atomic mass is 16.5. The van der Waals surface area contributed by atoms with E-state index in [1.54, 1.807) is 12.1 Å². The van der Waals surface area contributed by atoms with Crippen molar-refractivity contribution in [1.29, 1.82) is 0 Å². The van der Waals surface area contributed by atoms with E-state index in [2.05, 4.69) is 10.6 Å². The van der Waals surface area contributed by atoms with Gasteiger partial charge >= 0.3 is 12.0 Å². The summed E-state index contributed by atoms with van der Waals surface area (Å²) >= 11 is 0. The van der Waals surface area contributed by atoms with Crippen LogP contribution in [0.3, 0.4) is 0 Å². The predicted molar refractivity (Wildman–Crippen MR) is 97.2 cm³/mol. The van der Waals surface area contributed by atoms with Crippen LogP contribution >= 0.6 is 0 Å².